The molecule has 5 heteroatoms. The van der Waals surface area contributed by atoms with Crippen LogP contribution in [-0.2, 0) is 13.5 Å². The second kappa shape index (κ2) is 5.40. The molecule has 1 aromatic heterocycles. The van der Waals surface area contributed by atoms with Crippen molar-refractivity contribution in [3.05, 3.63) is 28.3 Å². The van der Waals surface area contributed by atoms with E-state index in [4.69, 9.17) is 10.1 Å². The Labute approximate surface area is 64.6 Å². The molecular formula is C6H11N3O2. The highest BCUT2D eigenvalue weighted by molar-refractivity contribution is 4.74. The number of H-pyrrole nitrogens is 1. The normalized spacial score (nSPS) is 8.18. The summed E-state index contributed by atoms with van der Waals surface area (Å²) in [6, 6.07) is 0. The first-order valence-corrected chi connectivity index (χ1v) is 3.23. The van der Waals surface area contributed by atoms with Crippen LogP contribution in [0.15, 0.2) is 17.7 Å². The van der Waals surface area contributed by atoms with Crippen LogP contribution in [0, 0.1) is 10.1 Å². The summed E-state index contributed by atoms with van der Waals surface area (Å²) in [6.07, 6.45) is 5.03. The van der Waals surface area contributed by atoms with Crippen LogP contribution in [0.5, 0.6) is 0 Å². The predicted octanol–water partition coefficient (Wildman–Crippen LogP) is 0.652. The molecule has 1 heterocycles. The van der Waals surface area contributed by atoms with E-state index in [-0.39, 0.29) is 0 Å². The highest BCUT2D eigenvalue weighted by Gasteiger charge is 1.99. The van der Waals surface area contributed by atoms with E-state index in [0.717, 1.165) is 11.8 Å². The number of rotatable bonds is 1. The summed E-state index contributed by atoms with van der Waals surface area (Å²) in [4.78, 5) is 11.1. The largest absolute Gasteiger partial charge is 0.444 e. The van der Waals surface area contributed by atoms with Gasteiger partial charge in [-0.2, -0.15) is 0 Å². The third-order valence-electron chi connectivity index (χ3n) is 1.31. The van der Waals surface area contributed by atoms with Crippen LogP contribution >= 0.6 is 0 Å². The number of aryl methyl sites for hydroxylation is 2. The van der Waals surface area contributed by atoms with Crippen LogP contribution < -0.4 is 4.57 Å². The lowest BCUT2D eigenvalue weighted by Crippen LogP contribution is -2.29. The molecule has 0 aliphatic heterocycles. The highest BCUT2D eigenvalue weighted by atomic mass is 16.6. The lowest BCUT2D eigenvalue weighted by molar-refractivity contribution is -0.677. The predicted molar refractivity (Wildman–Crippen MR) is 40.5 cm³/mol. The van der Waals surface area contributed by atoms with Gasteiger partial charge in [-0.15, -0.1) is 5.34 Å². The molecule has 0 fully saturated rings. The highest BCUT2D eigenvalue weighted by Crippen LogP contribution is 1.82. The van der Waals surface area contributed by atoms with Crippen LogP contribution in [0.1, 0.15) is 12.7 Å². The van der Waals surface area contributed by atoms with Gasteiger partial charge >= 0.3 is 0 Å². The fraction of sp³-hybridized carbons (Fsp3) is 0.500. The molecule has 0 aliphatic carbocycles. The topological polar surface area (TPSA) is 72.2 Å². The van der Waals surface area contributed by atoms with Crippen molar-refractivity contribution >= 4 is 0 Å². The molecule has 1 rings (SSSR count). The van der Waals surface area contributed by atoms with Gasteiger partial charge in [-0.05, 0) is 0 Å². The molecule has 0 aliphatic rings. The molecule has 62 valence electrons. The lowest BCUT2D eigenvalue weighted by atomic mass is 10.5. The standard InChI is InChI=1S/C6H10N2.HNO2/c1-3-6-7-4-5-8(6)2;2-1-3/h4-5H,3H2,1-2H3;(H,2,3). The fourth-order valence-corrected chi connectivity index (χ4v) is 0.789. The zero-order valence-corrected chi connectivity index (χ0v) is 6.57. The van der Waals surface area contributed by atoms with Gasteiger partial charge in [0, 0.05) is 6.42 Å². The van der Waals surface area contributed by atoms with Gasteiger partial charge in [0.2, 0.25) is 0 Å². The summed E-state index contributed by atoms with van der Waals surface area (Å²) >= 11 is 0. The molecule has 0 saturated heterocycles. The summed E-state index contributed by atoms with van der Waals surface area (Å²) in [7, 11) is 2.04. The molecule has 0 atom stereocenters. The second-order valence-corrected chi connectivity index (χ2v) is 1.95. The van der Waals surface area contributed by atoms with E-state index in [0.29, 0.717) is 0 Å². The van der Waals surface area contributed by atoms with Crippen molar-refractivity contribution in [3.8, 4) is 0 Å². The number of nitrogens with one attached hydrogen (secondary N) is 1. The number of aromatic amines is 1. The van der Waals surface area contributed by atoms with Gasteiger partial charge in [0.1, 0.15) is 12.4 Å². The van der Waals surface area contributed by atoms with Gasteiger partial charge in [0.25, 0.3) is 5.82 Å². The molecule has 0 radical (unpaired) electrons. The van der Waals surface area contributed by atoms with Crippen LogP contribution in [0.25, 0.3) is 0 Å². The Morgan fingerprint density at radius 3 is 2.55 bits per heavy atom. The van der Waals surface area contributed by atoms with Gasteiger partial charge in [-0.3, -0.25) is 0 Å². The summed E-state index contributed by atoms with van der Waals surface area (Å²) in [5.74, 6) is 1.27. The van der Waals surface area contributed by atoms with Crippen molar-refractivity contribution < 1.29 is 4.57 Å². The monoisotopic (exact) mass is 157 g/mol. The van der Waals surface area contributed by atoms with Crippen molar-refractivity contribution in [1.82, 2.24) is 4.98 Å². The minimum absolute atomic E-state index is 1.00. The van der Waals surface area contributed by atoms with E-state index in [1.165, 1.54) is 5.82 Å². The Balaban J connectivity index is 0.000000292. The molecular weight excluding hydrogens is 146 g/mol. The summed E-state index contributed by atoms with van der Waals surface area (Å²) in [5, 5.41) is 9.00. The van der Waals surface area contributed by atoms with Gasteiger partial charge in [0.05, 0.1) is 7.05 Å². The number of aromatic nitrogens is 2. The van der Waals surface area contributed by atoms with E-state index in [9.17, 15) is 0 Å². The minimum Gasteiger partial charge on any atom is -0.444 e. The van der Waals surface area contributed by atoms with Crippen molar-refractivity contribution in [2.24, 2.45) is 12.4 Å². The van der Waals surface area contributed by atoms with E-state index in [1.807, 2.05) is 19.4 Å². The molecule has 1 aromatic rings. The SMILES string of the molecule is CCc1[nH]cc[n+]1C.O=N[O-]. The van der Waals surface area contributed by atoms with Gasteiger partial charge < -0.3 is 10.1 Å². The molecule has 0 amide bonds. The molecule has 0 unspecified atom stereocenters. The van der Waals surface area contributed by atoms with E-state index in [1.54, 1.807) is 0 Å². The maximum Gasteiger partial charge on any atom is 0.253 e. The van der Waals surface area contributed by atoms with E-state index in [2.05, 4.69) is 16.5 Å². The fourth-order valence-electron chi connectivity index (χ4n) is 0.789. The summed E-state index contributed by atoms with van der Waals surface area (Å²) in [6.45, 7) is 2.13. The molecule has 0 aromatic carbocycles. The zero-order valence-electron chi connectivity index (χ0n) is 6.57. The first-order valence-electron chi connectivity index (χ1n) is 3.23. The molecule has 11 heavy (non-hydrogen) atoms. The maximum atomic E-state index is 8.00. The zero-order chi connectivity index (χ0) is 8.69. The molecule has 0 spiro atoms. The van der Waals surface area contributed by atoms with Crippen molar-refractivity contribution in [1.29, 1.82) is 0 Å². The average molecular weight is 157 g/mol. The molecule has 0 saturated carbocycles. The first-order chi connectivity index (χ1) is 5.26. The Morgan fingerprint density at radius 2 is 2.36 bits per heavy atom. The first kappa shape index (κ1) is 9.61. The number of imidazole rings is 1. The number of hydrogen-bond acceptors (Lipinski definition) is 3. The average Bonchev–Trinajstić information content (AvgIpc) is 2.36. The van der Waals surface area contributed by atoms with Crippen molar-refractivity contribution in [3.63, 3.8) is 0 Å². The van der Waals surface area contributed by atoms with E-state index < -0.39 is 0 Å². The Hall–Kier alpha value is -1.39. The lowest BCUT2D eigenvalue weighted by Gasteiger charge is -1.83. The Kier molecular flexibility index (Phi) is 4.72. The molecule has 0 bridgehead atoms. The third-order valence-corrected chi connectivity index (χ3v) is 1.31. The van der Waals surface area contributed by atoms with Crippen LogP contribution in [-0.4, -0.2) is 4.98 Å². The van der Waals surface area contributed by atoms with Gasteiger partial charge in [0.15, 0.2) is 0 Å². The smallest absolute Gasteiger partial charge is 0.253 e. The minimum atomic E-state index is 1.00. The van der Waals surface area contributed by atoms with Crippen LogP contribution in [0.3, 0.4) is 0 Å². The molecule has 5 nitrogen and oxygen atoms in total. The maximum absolute atomic E-state index is 8.00. The third kappa shape index (κ3) is 3.34. The van der Waals surface area contributed by atoms with Crippen molar-refractivity contribution in [2.75, 3.05) is 0 Å². The Bertz CT molecular complexity index is 209. The van der Waals surface area contributed by atoms with Gasteiger partial charge in [-0.25, -0.2) is 9.55 Å². The number of nitrogens with zero attached hydrogens (tertiary/aromatic N) is 2. The number of hydrogen-bond donors (Lipinski definition) is 1. The van der Waals surface area contributed by atoms with Crippen molar-refractivity contribution in [2.45, 2.75) is 13.3 Å². The van der Waals surface area contributed by atoms with Crippen LogP contribution in [0.4, 0.5) is 0 Å². The molecule has 1 N–H and O–H groups in total. The quantitative estimate of drug-likeness (QED) is 0.369. The van der Waals surface area contributed by atoms with E-state index >= 15 is 0 Å². The summed E-state index contributed by atoms with van der Waals surface area (Å²) < 4.78 is 2.08. The summed E-state index contributed by atoms with van der Waals surface area (Å²) in [5.41, 5.74) is 0. The Morgan fingerprint density at radius 1 is 1.82 bits per heavy atom. The van der Waals surface area contributed by atoms with Crippen LogP contribution in [0.2, 0.25) is 0 Å². The second-order valence-electron chi connectivity index (χ2n) is 1.95. The van der Waals surface area contributed by atoms with Gasteiger partial charge in [-0.1, -0.05) is 6.92 Å².